The van der Waals surface area contributed by atoms with Crippen LogP contribution in [-0.2, 0) is 6.54 Å². The monoisotopic (exact) mass is 307 g/mol. The third-order valence-electron chi connectivity index (χ3n) is 3.95. The van der Waals surface area contributed by atoms with E-state index in [0.29, 0.717) is 19.0 Å². The molecule has 0 aliphatic rings. The first kappa shape index (κ1) is 15.3. The van der Waals surface area contributed by atoms with Crippen LogP contribution in [0.25, 0.3) is 22.0 Å². The van der Waals surface area contributed by atoms with Gasteiger partial charge in [0.25, 0.3) is 0 Å². The summed E-state index contributed by atoms with van der Waals surface area (Å²) in [7, 11) is 0. The summed E-state index contributed by atoms with van der Waals surface area (Å²) >= 11 is 0. The van der Waals surface area contributed by atoms with Crippen molar-refractivity contribution >= 4 is 16.7 Å². The fourth-order valence-electron chi connectivity index (χ4n) is 2.82. The Kier molecular flexibility index (Phi) is 4.17. The molecule has 1 heterocycles. The molecule has 0 saturated heterocycles. The zero-order chi connectivity index (χ0) is 16.4. The van der Waals surface area contributed by atoms with Crippen LogP contribution in [0, 0.1) is 6.92 Å². The molecule has 2 aromatic carbocycles. The van der Waals surface area contributed by atoms with Crippen molar-refractivity contribution in [3.63, 3.8) is 0 Å². The van der Waals surface area contributed by atoms with Gasteiger partial charge in [0.1, 0.15) is 11.6 Å². The van der Waals surface area contributed by atoms with Crippen LogP contribution in [0.1, 0.15) is 18.1 Å². The Hall–Kier alpha value is -2.59. The van der Waals surface area contributed by atoms with E-state index in [-0.39, 0.29) is 0 Å². The summed E-state index contributed by atoms with van der Waals surface area (Å²) < 4.78 is 5.61. The third kappa shape index (κ3) is 2.98. The second-order valence-electron chi connectivity index (χ2n) is 5.56. The van der Waals surface area contributed by atoms with E-state index in [1.807, 2.05) is 32.0 Å². The van der Waals surface area contributed by atoms with Crippen LogP contribution < -0.4 is 16.2 Å². The summed E-state index contributed by atoms with van der Waals surface area (Å²) in [6, 6.07) is 14.2. The predicted molar refractivity (Wildman–Crippen MR) is 95.4 cm³/mol. The number of nitrogens with zero attached hydrogens (tertiary/aromatic N) is 1. The maximum Gasteiger partial charge on any atom is 0.124 e. The lowest BCUT2D eigenvalue weighted by atomic mass is 9.99. The van der Waals surface area contributed by atoms with Gasteiger partial charge in [0.15, 0.2) is 0 Å². The van der Waals surface area contributed by atoms with Gasteiger partial charge in [0.2, 0.25) is 0 Å². The first-order valence-corrected chi connectivity index (χ1v) is 7.75. The molecule has 3 rings (SSSR count). The molecule has 0 aliphatic carbocycles. The Labute approximate surface area is 136 Å². The normalized spacial score (nSPS) is 10.9. The van der Waals surface area contributed by atoms with Crippen LogP contribution in [0.5, 0.6) is 5.75 Å². The number of aromatic nitrogens is 1. The molecule has 3 aromatic rings. The molecule has 4 heteroatoms. The van der Waals surface area contributed by atoms with Gasteiger partial charge in [0, 0.05) is 17.5 Å². The van der Waals surface area contributed by atoms with Crippen LogP contribution in [0.15, 0.2) is 42.5 Å². The van der Waals surface area contributed by atoms with E-state index in [1.54, 1.807) is 0 Å². The van der Waals surface area contributed by atoms with Crippen LogP contribution in [0.3, 0.4) is 0 Å². The Morgan fingerprint density at radius 3 is 2.52 bits per heavy atom. The van der Waals surface area contributed by atoms with Crippen molar-refractivity contribution in [1.82, 2.24) is 4.98 Å². The number of benzene rings is 2. The van der Waals surface area contributed by atoms with Crippen LogP contribution >= 0.6 is 0 Å². The summed E-state index contributed by atoms with van der Waals surface area (Å²) in [5.74, 6) is 1.39. The van der Waals surface area contributed by atoms with Gasteiger partial charge in [-0.2, -0.15) is 0 Å². The fraction of sp³-hybridized carbons (Fsp3) is 0.211. The molecule has 0 radical (unpaired) electrons. The molecule has 0 fully saturated rings. The molecule has 0 unspecified atom stereocenters. The zero-order valence-electron chi connectivity index (χ0n) is 13.5. The lowest BCUT2D eigenvalue weighted by molar-refractivity contribution is 0.336. The maximum absolute atomic E-state index is 5.87. The molecular weight excluding hydrogens is 286 g/mol. The van der Waals surface area contributed by atoms with Crippen molar-refractivity contribution in [1.29, 1.82) is 0 Å². The van der Waals surface area contributed by atoms with Crippen molar-refractivity contribution in [2.24, 2.45) is 5.73 Å². The van der Waals surface area contributed by atoms with E-state index in [0.717, 1.165) is 38.9 Å². The summed E-state index contributed by atoms with van der Waals surface area (Å²) in [6.45, 7) is 5.09. The summed E-state index contributed by atoms with van der Waals surface area (Å²) in [5, 5.41) is 1.12. The lowest BCUT2D eigenvalue weighted by Crippen LogP contribution is -2.02. The molecule has 0 bridgehead atoms. The highest BCUT2D eigenvalue weighted by molar-refractivity contribution is 5.88. The number of ether oxygens (including phenoxy) is 1. The van der Waals surface area contributed by atoms with E-state index < -0.39 is 0 Å². The molecule has 0 saturated carbocycles. The fourth-order valence-corrected chi connectivity index (χ4v) is 2.82. The van der Waals surface area contributed by atoms with Gasteiger partial charge in [-0.05, 0) is 54.8 Å². The third-order valence-corrected chi connectivity index (χ3v) is 3.95. The zero-order valence-corrected chi connectivity index (χ0v) is 13.5. The molecule has 0 atom stereocenters. The predicted octanol–water partition coefficient (Wildman–Crippen LogP) is 3.65. The van der Waals surface area contributed by atoms with Crippen LogP contribution in [0.4, 0.5) is 5.82 Å². The van der Waals surface area contributed by atoms with Gasteiger partial charge in [-0.1, -0.05) is 18.2 Å². The minimum atomic E-state index is 0.445. The number of hydrogen-bond acceptors (Lipinski definition) is 4. The lowest BCUT2D eigenvalue weighted by Gasteiger charge is -2.12. The van der Waals surface area contributed by atoms with Gasteiger partial charge >= 0.3 is 0 Å². The number of anilines is 1. The molecule has 0 spiro atoms. The highest BCUT2D eigenvalue weighted by Gasteiger charge is 2.07. The van der Waals surface area contributed by atoms with Gasteiger partial charge in [0.05, 0.1) is 12.1 Å². The van der Waals surface area contributed by atoms with Crippen molar-refractivity contribution in [3.05, 3.63) is 53.6 Å². The number of nitrogens with two attached hydrogens (primary N) is 2. The topological polar surface area (TPSA) is 74.2 Å². The molecule has 4 N–H and O–H groups in total. The van der Waals surface area contributed by atoms with Crippen molar-refractivity contribution < 1.29 is 4.74 Å². The average molecular weight is 307 g/mol. The van der Waals surface area contributed by atoms with E-state index in [1.165, 1.54) is 0 Å². The molecular formula is C19H21N3O. The Morgan fingerprint density at radius 2 is 1.78 bits per heavy atom. The smallest absolute Gasteiger partial charge is 0.124 e. The van der Waals surface area contributed by atoms with Gasteiger partial charge in [-0.3, -0.25) is 0 Å². The van der Waals surface area contributed by atoms with Gasteiger partial charge < -0.3 is 16.2 Å². The Balaban J connectivity index is 2.09. The SMILES string of the molecule is CCOc1ccc(-c2ccc3c(C)cc(N)nc3c2)cc1CN. The largest absolute Gasteiger partial charge is 0.494 e. The van der Waals surface area contributed by atoms with Gasteiger partial charge in [-0.15, -0.1) is 0 Å². The molecule has 4 nitrogen and oxygen atoms in total. The summed E-state index contributed by atoms with van der Waals surface area (Å²) in [6.07, 6.45) is 0. The van der Waals surface area contributed by atoms with Gasteiger partial charge in [-0.25, -0.2) is 4.98 Å². The van der Waals surface area contributed by atoms with Crippen molar-refractivity contribution in [3.8, 4) is 16.9 Å². The second-order valence-corrected chi connectivity index (χ2v) is 5.56. The van der Waals surface area contributed by atoms with Crippen LogP contribution in [-0.4, -0.2) is 11.6 Å². The quantitative estimate of drug-likeness (QED) is 0.771. The van der Waals surface area contributed by atoms with Crippen molar-refractivity contribution in [2.45, 2.75) is 20.4 Å². The number of aryl methyl sites for hydroxylation is 1. The molecule has 0 aliphatic heterocycles. The van der Waals surface area contributed by atoms with Crippen molar-refractivity contribution in [2.75, 3.05) is 12.3 Å². The number of rotatable bonds is 4. The van der Waals surface area contributed by atoms with E-state index >= 15 is 0 Å². The minimum Gasteiger partial charge on any atom is -0.494 e. The molecule has 118 valence electrons. The van der Waals surface area contributed by atoms with E-state index in [2.05, 4.69) is 29.2 Å². The number of fused-ring (bicyclic) bond motifs is 1. The number of nitrogen functional groups attached to an aromatic ring is 1. The highest BCUT2D eigenvalue weighted by Crippen LogP contribution is 2.29. The van der Waals surface area contributed by atoms with Crippen LogP contribution in [0.2, 0.25) is 0 Å². The highest BCUT2D eigenvalue weighted by atomic mass is 16.5. The Bertz CT molecular complexity index is 859. The first-order valence-electron chi connectivity index (χ1n) is 7.75. The maximum atomic E-state index is 5.87. The minimum absolute atomic E-state index is 0.445. The summed E-state index contributed by atoms with van der Waals surface area (Å²) in [5.41, 5.74) is 16.9. The first-order chi connectivity index (χ1) is 11.1. The number of pyridine rings is 1. The second kappa shape index (κ2) is 6.26. The summed E-state index contributed by atoms with van der Waals surface area (Å²) in [4.78, 5) is 4.44. The number of hydrogen-bond donors (Lipinski definition) is 2. The molecule has 1 aromatic heterocycles. The van der Waals surface area contributed by atoms with E-state index in [9.17, 15) is 0 Å². The molecule has 0 amide bonds. The molecule has 23 heavy (non-hydrogen) atoms. The van der Waals surface area contributed by atoms with E-state index in [4.69, 9.17) is 16.2 Å². The standard InChI is InChI=1S/C19H21N3O/c1-3-23-18-7-5-13(9-15(18)11-20)14-4-6-16-12(2)8-19(21)22-17(16)10-14/h4-10H,3,11,20H2,1-2H3,(H2,21,22). The average Bonchev–Trinajstić information content (AvgIpc) is 2.54. The Morgan fingerprint density at radius 1 is 1.04 bits per heavy atom.